The minimum atomic E-state index is -0.412. The summed E-state index contributed by atoms with van der Waals surface area (Å²) in [6.07, 6.45) is 3.23. The molecular formula is C23H30N2O5. The summed E-state index contributed by atoms with van der Waals surface area (Å²) in [7, 11) is 0. The molecule has 2 atom stereocenters. The van der Waals surface area contributed by atoms with Gasteiger partial charge in [-0.15, -0.1) is 0 Å². The molecule has 1 fully saturated rings. The van der Waals surface area contributed by atoms with Gasteiger partial charge in [0.2, 0.25) is 0 Å². The fourth-order valence-corrected chi connectivity index (χ4v) is 3.91. The molecular weight excluding hydrogens is 384 g/mol. The second-order valence-corrected chi connectivity index (χ2v) is 8.00. The SMILES string of the molecule is Cc1noc(C)c1COc1ccc(CC(=O)OCC(=O)N2[C@H](C)CCC[C@H]2C)cc1. The maximum atomic E-state index is 12.5. The van der Waals surface area contributed by atoms with Crippen molar-refractivity contribution in [2.24, 2.45) is 0 Å². The quantitative estimate of drug-likeness (QED) is 0.642. The number of carbonyl (C=O) groups excluding carboxylic acids is 2. The normalized spacial score (nSPS) is 18.9. The van der Waals surface area contributed by atoms with E-state index in [4.69, 9.17) is 14.0 Å². The number of likely N-dealkylation sites (tertiary alicyclic amines) is 1. The fraction of sp³-hybridized carbons (Fsp3) is 0.522. The van der Waals surface area contributed by atoms with Crippen molar-refractivity contribution in [3.63, 3.8) is 0 Å². The van der Waals surface area contributed by atoms with E-state index in [1.54, 1.807) is 0 Å². The van der Waals surface area contributed by atoms with Gasteiger partial charge < -0.3 is 18.9 Å². The maximum absolute atomic E-state index is 12.5. The van der Waals surface area contributed by atoms with Crippen molar-refractivity contribution in [1.82, 2.24) is 10.1 Å². The molecule has 0 unspecified atom stereocenters. The zero-order chi connectivity index (χ0) is 21.7. The zero-order valence-corrected chi connectivity index (χ0v) is 18.1. The van der Waals surface area contributed by atoms with Crippen LogP contribution in [0.4, 0.5) is 0 Å². The first kappa shape index (κ1) is 21.9. The van der Waals surface area contributed by atoms with Crippen molar-refractivity contribution < 1.29 is 23.6 Å². The molecule has 1 saturated heterocycles. The highest BCUT2D eigenvalue weighted by atomic mass is 16.5. The molecule has 7 heteroatoms. The third kappa shape index (κ3) is 5.40. The van der Waals surface area contributed by atoms with Crippen LogP contribution in [0.15, 0.2) is 28.8 Å². The Morgan fingerprint density at radius 1 is 1.13 bits per heavy atom. The minimum absolute atomic E-state index is 0.114. The van der Waals surface area contributed by atoms with Crippen LogP contribution in [0.3, 0.4) is 0 Å². The Hall–Kier alpha value is -2.83. The molecule has 0 N–H and O–H groups in total. The number of aryl methyl sites for hydroxylation is 2. The van der Waals surface area contributed by atoms with Crippen LogP contribution >= 0.6 is 0 Å². The molecule has 2 heterocycles. The molecule has 3 rings (SSSR count). The lowest BCUT2D eigenvalue weighted by Gasteiger charge is -2.38. The molecule has 1 aliphatic rings. The molecule has 1 amide bonds. The maximum Gasteiger partial charge on any atom is 0.310 e. The Kier molecular flexibility index (Phi) is 7.13. The van der Waals surface area contributed by atoms with E-state index in [0.29, 0.717) is 12.4 Å². The standard InChI is InChI=1S/C23H30N2O5/c1-15-6-5-7-16(2)25(15)22(26)14-29-23(27)12-19-8-10-20(11-9-19)28-13-21-17(3)24-30-18(21)4/h8-11,15-16H,5-7,12-14H2,1-4H3/t15-,16-/m1/s1. The van der Waals surface area contributed by atoms with Gasteiger partial charge in [0.25, 0.3) is 5.91 Å². The number of hydrogen-bond donors (Lipinski definition) is 0. The highest BCUT2D eigenvalue weighted by molar-refractivity contribution is 5.81. The second kappa shape index (κ2) is 9.78. The average Bonchev–Trinajstić information content (AvgIpc) is 3.03. The van der Waals surface area contributed by atoms with Gasteiger partial charge in [0.15, 0.2) is 6.61 Å². The van der Waals surface area contributed by atoms with Gasteiger partial charge in [0.1, 0.15) is 18.1 Å². The molecule has 0 saturated carbocycles. The summed E-state index contributed by atoms with van der Waals surface area (Å²) in [5.74, 6) is 0.904. The summed E-state index contributed by atoms with van der Waals surface area (Å²) in [6, 6.07) is 7.64. The molecule has 7 nitrogen and oxygen atoms in total. The number of piperidine rings is 1. The Morgan fingerprint density at radius 3 is 2.40 bits per heavy atom. The minimum Gasteiger partial charge on any atom is -0.489 e. The lowest BCUT2D eigenvalue weighted by molar-refractivity contribution is -0.154. The monoisotopic (exact) mass is 414 g/mol. The Balaban J connectivity index is 1.45. The number of rotatable bonds is 7. The van der Waals surface area contributed by atoms with E-state index in [0.717, 1.165) is 41.8 Å². The lowest BCUT2D eigenvalue weighted by atomic mass is 9.97. The molecule has 0 bridgehead atoms. The zero-order valence-electron chi connectivity index (χ0n) is 18.1. The van der Waals surface area contributed by atoms with E-state index in [-0.39, 0.29) is 31.0 Å². The predicted octanol–water partition coefficient (Wildman–Crippen LogP) is 3.75. The molecule has 0 radical (unpaired) electrons. The number of ether oxygens (including phenoxy) is 2. The summed E-state index contributed by atoms with van der Waals surface area (Å²) < 4.78 is 16.1. The molecule has 1 aromatic heterocycles. The van der Waals surface area contributed by atoms with Crippen molar-refractivity contribution in [3.05, 3.63) is 46.8 Å². The largest absolute Gasteiger partial charge is 0.489 e. The van der Waals surface area contributed by atoms with Gasteiger partial charge in [-0.25, -0.2) is 0 Å². The fourth-order valence-electron chi connectivity index (χ4n) is 3.91. The first-order chi connectivity index (χ1) is 14.3. The Morgan fingerprint density at radius 2 is 1.80 bits per heavy atom. The second-order valence-electron chi connectivity index (χ2n) is 8.00. The smallest absolute Gasteiger partial charge is 0.310 e. The number of aromatic nitrogens is 1. The van der Waals surface area contributed by atoms with E-state index in [1.807, 2.05) is 56.9 Å². The van der Waals surface area contributed by atoms with Crippen molar-refractivity contribution in [1.29, 1.82) is 0 Å². The Bertz CT molecular complexity index is 845. The van der Waals surface area contributed by atoms with Crippen LogP contribution < -0.4 is 4.74 Å². The van der Waals surface area contributed by atoms with Crippen LogP contribution in [0, 0.1) is 13.8 Å². The van der Waals surface area contributed by atoms with Gasteiger partial charge in [0.05, 0.1) is 17.7 Å². The van der Waals surface area contributed by atoms with E-state index >= 15 is 0 Å². The third-order valence-corrected chi connectivity index (χ3v) is 5.67. The number of amides is 1. The number of nitrogens with zero attached hydrogens (tertiary/aromatic N) is 2. The van der Waals surface area contributed by atoms with Crippen LogP contribution in [0.25, 0.3) is 0 Å². The molecule has 2 aromatic rings. The summed E-state index contributed by atoms with van der Waals surface area (Å²) in [5.41, 5.74) is 2.55. The van der Waals surface area contributed by atoms with E-state index in [9.17, 15) is 9.59 Å². The van der Waals surface area contributed by atoms with Crippen LogP contribution in [-0.4, -0.2) is 40.6 Å². The molecule has 1 aliphatic heterocycles. The molecule has 162 valence electrons. The third-order valence-electron chi connectivity index (χ3n) is 5.67. The van der Waals surface area contributed by atoms with Crippen molar-refractivity contribution >= 4 is 11.9 Å². The van der Waals surface area contributed by atoms with Crippen LogP contribution in [-0.2, 0) is 27.4 Å². The first-order valence-corrected chi connectivity index (χ1v) is 10.5. The lowest BCUT2D eigenvalue weighted by Crippen LogP contribution is -2.49. The molecule has 0 aliphatic carbocycles. The topological polar surface area (TPSA) is 81.9 Å². The number of esters is 1. The van der Waals surface area contributed by atoms with Crippen LogP contribution in [0.2, 0.25) is 0 Å². The Labute approximate surface area is 177 Å². The number of hydrogen-bond acceptors (Lipinski definition) is 6. The van der Waals surface area contributed by atoms with E-state index in [1.165, 1.54) is 0 Å². The van der Waals surface area contributed by atoms with Gasteiger partial charge in [-0.3, -0.25) is 9.59 Å². The van der Waals surface area contributed by atoms with Gasteiger partial charge in [-0.2, -0.15) is 0 Å². The summed E-state index contributed by atoms with van der Waals surface area (Å²) in [5, 5.41) is 3.91. The van der Waals surface area contributed by atoms with Crippen molar-refractivity contribution in [3.8, 4) is 5.75 Å². The highest BCUT2D eigenvalue weighted by Gasteiger charge is 2.29. The highest BCUT2D eigenvalue weighted by Crippen LogP contribution is 2.22. The predicted molar refractivity (Wildman–Crippen MR) is 111 cm³/mol. The first-order valence-electron chi connectivity index (χ1n) is 10.5. The average molecular weight is 415 g/mol. The van der Waals surface area contributed by atoms with E-state index in [2.05, 4.69) is 5.16 Å². The molecule has 0 spiro atoms. The summed E-state index contributed by atoms with van der Waals surface area (Å²) in [6.45, 7) is 7.99. The number of benzene rings is 1. The van der Waals surface area contributed by atoms with Gasteiger partial charge in [-0.1, -0.05) is 17.3 Å². The summed E-state index contributed by atoms with van der Waals surface area (Å²) in [4.78, 5) is 26.5. The number of carbonyl (C=O) groups is 2. The van der Waals surface area contributed by atoms with E-state index < -0.39 is 5.97 Å². The van der Waals surface area contributed by atoms with Crippen LogP contribution in [0.1, 0.15) is 55.7 Å². The molecule has 1 aromatic carbocycles. The van der Waals surface area contributed by atoms with Crippen molar-refractivity contribution in [2.45, 2.75) is 72.1 Å². The van der Waals surface area contributed by atoms with Gasteiger partial charge >= 0.3 is 5.97 Å². The summed E-state index contributed by atoms with van der Waals surface area (Å²) >= 11 is 0. The van der Waals surface area contributed by atoms with Gasteiger partial charge in [-0.05, 0) is 64.7 Å². The van der Waals surface area contributed by atoms with Gasteiger partial charge in [0, 0.05) is 12.1 Å². The van der Waals surface area contributed by atoms with Crippen molar-refractivity contribution in [2.75, 3.05) is 6.61 Å². The molecule has 30 heavy (non-hydrogen) atoms. The van der Waals surface area contributed by atoms with Crippen LogP contribution in [0.5, 0.6) is 5.75 Å².